The van der Waals surface area contributed by atoms with Crippen LogP contribution in [0.5, 0.6) is 0 Å². The van der Waals surface area contributed by atoms with E-state index in [2.05, 4.69) is 20.7 Å². The van der Waals surface area contributed by atoms with E-state index in [1.165, 1.54) is 24.2 Å². The molecule has 2 N–H and O–H groups in total. The fourth-order valence-corrected chi connectivity index (χ4v) is 2.62. The molecule has 0 saturated carbocycles. The van der Waals surface area contributed by atoms with Crippen LogP contribution in [-0.4, -0.2) is 39.1 Å². The Morgan fingerprint density at radius 3 is 3.00 bits per heavy atom. The zero-order chi connectivity index (χ0) is 15.8. The van der Waals surface area contributed by atoms with E-state index in [1.807, 2.05) is 6.92 Å². The first-order valence-electron chi connectivity index (χ1n) is 6.89. The summed E-state index contributed by atoms with van der Waals surface area (Å²) in [6.07, 6.45) is 3.05. The molecular formula is C14H18FN5OS. The lowest BCUT2D eigenvalue weighted by Crippen LogP contribution is -2.43. The highest BCUT2D eigenvalue weighted by atomic mass is 32.2. The smallest absolute Gasteiger partial charge is 0.315 e. The van der Waals surface area contributed by atoms with Gasteiger partial charge < -0.3 is 10.6 Å². The maximum atomic E-state index is 13.4. The molecule has 1 atom stereocenters. The Hall–Kier alpha value is -2.09. The molecule has 6 nitrogen and oxygen atoms in total. The van der Waals surface area contributed by atoms with E-state index in [9.17, 15) is 9.18 Å². The minimum absolute atomic E-state index is 0.0686. The summed E-state index contributed by atoms with van der Waals surface area (Å²) in [6.45, 7) is 2.90. The molecule has 0 bridgehead atoms. The van der Waals surface area contributed by atoms with E-state index >= 15 is 0 Å². The first kappa shape index (κ1) is 16.3. The number of nitrogens with zero attached hydrogens (tertiary/aromatic N) is 3. The van der Waals surface area contributed by atoms with Crippen molar-refractivity contribution in [1.29, 1.82) is 0 Å². The predicted octanol–water partition coefficient (Wildman–Crippen LogP) is 1.90. The Bertz CT molecular complexity index is 593. The van der Waals surface area contributed by atoms with Gasteiger partial charge in [-0.2, -0.15) is 5.10 Å². The average Bonchev–Trinajstić information content (AvgIpc) is 2.98. The lowest BCUT2D eigenvalue weighted by atomic mass is 10.3. The molecule has 0 aliphatic carbocycles. The number of rotatable bonds is 7. The first-order chi connectivity index (χ1) is 10.6. The van der Waals surface area contributed by atoms with Crippen LogP contribution < -0.4 is 10.6 Å². The van der Waals surface area contributed by atoms with Gasteiger partial charge in [-0.05, 0) is 19.1 Å². The molecular weight excluding hydrogens is 305 g/mol. The van der Waals surface area contributed by atoms with Gasteiger partial charge >= 0.3 is 6.03 Å². The minimum Gasteiger partial charge on any atom is -0.337 e. The van der Waals surface area contributed by atoms with Crippen LogP contribution >= 0.6 is 11.8 Å². The van der Waals surface area contributed by atoms with Crippen molar-refractivity contribution in [1.82, 2.24) is 25.4 Å². The number of amides is 2. The molecule has 2 aromatic rings. The van der Waals surface area contributed by atoms with Crippen molar-refractivity contribution < 1.29 is 9.18 Å². The number of benzene rings is 1. The number of hydrogen-bond donors (Lipinski definition) is 2. The maximum absolute atomic E-state index is 13.4. The summed E-state index contributed by atoms with van der Waals surface area (Å²) in [4.78, 5) is 16.1. The summed E-state index contributed by atoms with van der Waals surface area (Å²) < 4.78 is 15.0. The summed E-state index contributed by atoms with van der Waals surface area (Å²) in [5.74, 6) is 0.365. The van der Waals surface area contributed by atoms with Gasteiger partial charge in [-0.1, -0.05) is 12.1 Å². The van der Waals surface area contributed by atoms with Crippen LogP contribution in [0.2, 0.25) is 0 Å². The van der Waals surface area contributed by atoms with Gasteiger partial charge in [0.25, 0.3) is 0 Å². The highest BCUT2D eigenvalue weighted by molar-refractivity contribution is 7.99. The number of carbonyl (C=O) groups excluding carboxylic acids is 1. The minimum atomic E-state index is -0.248. The van der Waals surface area contributed by atoms with Crippen LogP contribution in [0.25, 0.3) is 0 Å². The van der Waals surface area contributed by atoms with Crippen LogP contribution in [-0.2, 0) is 6.54 Å². The number of nitrogens with one attached hydrogen (secondary N) is 2. The standard InChI is InChI=1S/C14H18FN5OS/c1-11(8-20-10-16-9-18-20)19-14(21)17-6-7-22-13-5-3-2-4-12(13)15/h2-5,9-11H,6-8H2,1H3,(H2,17,19,21). The largest absolute Gasteiger partial charge is 0.337 e. The lowest BCUT2D eigenvalue weighted by Gasteiger charge is -2.14. The van der Waals surface area contributed by atoms with Crippen molar-refractivity contribution in [2.24, 2.45) is 0 Å². The molecule has 0 aliphatic heterocycles. The zero-order valence-corrected chi connectivity index (χ0v) is 13.0. The molecule has 0 radical (unpaired) electrons. The number of carbonyl (C=O) groups is 1. The predicted molar refractivity (Wildman–Crippen MR) is 83.1 cm³/mol. The summed E-state index contributed by atoms with van der Waals surface area (Å²) in [7, 11) is 0. The Labute approximate surface area is 132 Å². The van der Waals surface area contributed by atoms with Gasteiger partial charge in [0.15, 0.2) is 0 Å². The molecule has 1 heterocycles. The lowest BCUT2D eigenvalue weighted by molar-refractivity contribution is 0.237. The van der Waals surface area contributed by atoms with Gasteiger partial charge in [-0.3, -0.25) is 4.68 Å². The molecule has 2 amide bonds. The molecule has 1 unspecified atom stereocenters. The van der Waals surface area contributed by atoms with Gasteiger partial charge in [0.1, 0.15) is 18.5 Å². The molecule has 0 saturated heterocycles. The van der Waals surface area contributed by atoms with Crippen molar-refractivity contribution in [2.45, 2.75) is 24.4 Å². The molecule has 2 rings (SSSR count). The highest BCUT2D eigenvalue weighted by Gasteiger charge is 2.08. The quantitative estimate of drug-likeness (QED) is 0.603. The second kappa shape index (κ2) is 8.38. The van der Waals surface area contributed by atoms with Crippen LogP contribution in [0.4, 0.5) is 9.18 Å². The maximum Gasteiger partial charge on any atom is 0.315 e. The number of halogens is 1. The van der Waals surface area contributed by atoms with E-state index in [4.69, 9.17) is 0 Å². The summed E-state index contributed by atoms with van der Waals surface area (Å²) in [6, 6.07) is 6.27. The fourth-order valence-electron chi connectivity index (χ4n) is 1.82. The van der Waals surface area contributed by atoms with Crippen molar-refractivity contribution in [3.8, 4) is 0 Å². The van der Waals surface area contributed by atoms with E-state index in [0.29, 0.717) is 23.7 Å². The summed E-state index contributed by atoms with van der Waals surface area (Å²) in [5.41, 5.74) is 0. The summed E-state index contributed by atoms with van der Waals surface area (Å²) in [5, 5.41) is 9.53. The molecule has 1 aromatic heterocycles. The fraction of sp³-hybridized carbons (Fsp3) is 0.357. The number of aromatic nitrogens is 3. The third-order valence-corrected chi connectivity index (χ3v) is 3.84. The van der Waals surface area contributed by atoms with Gasteiger partial charge in [0.2, 0.25) is 0 Å². The van der Waals surface area contributed by atoms with Crippen molar-refractivity contribution in [2.75, 3.05) is 12.3 Å². The number of urea groups is 1. The second-order valence-corrected chi connectivity index (χ2v) is 5.83. The zero-order valence-electron chi connectivity index (χ0n) is 12.2. The Morgan fingerprint density at radius 1 is 1.45 bits per heavy atom. The van der Waals surface area contributed by atoms with Gasteiger partial charge in [0.05, 0.1) is 6.54 Å². The SMILES string of the molecule is CC(Cn1cncn1)NC(=O)NCCSc1ccccc1F. The Balaban J connectivity index is 1.62. The first-order valence-corrected chi connectivity index (χ1v) is 7.88. The normalized spacial score (nSPS) is 11.9. The van der Waals surface area contributed by atoms with Crippen molar-refractivity contribution in [3.63, 3.8) is 0 Å². The Morgan fingerprint density at radius 2 is 2.27 bits per heavy atom. The van der Waals surface area contributed by atoms with Gasteiger partial charge in [-0.15, -0.1) is 11.8 Å². The molecule has 118 valence electrons. The van der Waals surface area contributed by atoms with E-state index in [1.54, 1.807) is 29.2 Å². The molecule has 0 fully saturated rings. The number of hydrogen-bond acceptors (Lipinski definition) is 4. The van der Waals surface area contributed by atoms with E-state index in [-0.39, 0.29) is 17.9 Å². The topological polar surface area (TPSA) is 71.8 Å². The van der Waals surface area contributed by atoms with Crippen molar-refractivity contribution >= 4 is 17.8 Å². The number of thioether (sulfide) groups is 1. The highest BCUT2D eigenvalue weighted by Crippen LogP contribution is 2.20. The molecule has 1 aromatic carbocycles. The monoisotopic (exact) mass is 323 g/mol. The van der Waals surface area contributed by atoms with E-state index in [0.717, 1.165) is 0 Å². The van der Waals surface area contributed by atoms with Gasteiger partial charge in [0, 0.05) is 23.2 Å². The van der Waals surface area contributed by atoms with Crippen molar-refractivity contribution in [3.05, 3.63) is 42.7 Å². The van der Waals surface area contributed by atoms with E-state index < -0.39 is 0 Å². The van der Waals surface area contributed by atoms with Crippen LogP contribution in [0.1, 0.15) is 6.92 Å². The van der Waals surface area contributed by atoms with Crippen LogP contribution in [0.15, 0.2) is 41.8 Å². The van der Waals surface area contributed by atoms with Crippen LogP contribution in [0.3, 0.4) is 0 Å². The Kier molecular flexibility index (Phi) is 6.20. The average molecular weight is 323 g/mol. The summed E-state index contributed by atoms with van der Waals surface area (Å²) >= 11 is 1.37. The second-order valence-electron chi connectivity index (χ2n) is 4.70. The molecule has 0 spiro atoms. The molecule has 22 heavy (non-hydrogen) atoms. The third-order valence-electron chi connectivity index (χ3n) is 2.79. The molecule has 8 heteroatoms. The third kappa shape index (κ3) is 5.36. The molecule has 0 aliphatic rings. The van der Waals surface area contributed by atoms with Crippen LogP contribution in [0, 0.1) is 5.82 Å². The van der Waals surface area contributed by atoms with Gasteiger partial charge in [-0.25, -0.2) is 14.2 Å².